The van der Waals surface area contributed by atoms with Crippen molar-refractivity contribution in [1.29, 1.82) is 0 Å². The zero-order valence-electron chi connectivity index (χ0n) is 20.6. The maximum Gasteiger partial charge on any atom is 0.358 e. The van der Waals surface area contributed by atoms with Crippen molar-refractivity contribution in [3.05, 3.63) is 34.4 Å². The summed E-state index contributed by atoms with van der Waals surface area (Å²) in [5, 5.41) is 14.5. The normalized spacial score (nSPS) is 18.8. The number of carbonyl (C=O) groups is 6. The van der Waals surface area contributed by atoms with Crippen molar-refractivity contribution in [2.24, 2.45) is 0 Å². The SMILES string of the molecule is Cc1cc(C)c(CC(=O)NN2CCC(=O)N3CCC[C@@H](C(=O)N[C@H](C=O)CC(=O)O)N3C2=O)c(C)c1. The molecule has 0 aliphatic carbocycles. The second-order valence-corrected chi connectivity index (χ2v) is 9.14. The molecule has 2 heterocycles. The molecule has 1 aromatic carbocycles. The van der Waals surface area contributed by atoms with Gasteiger partial charge >= 0.3 is 12.0 Å². The van der Waals surface area contributed by atoms with Crippen LogP contribution in [0, 0.1) is 20.8 Å². The Kier molecular flexibility index (Phi) is 8.28. The molecule has 0 unspecified atom stereocenters. The van der Waals surface area contributed by atoms with Crippen LogP contribution in [0.5, 0.6) is 0 Å². The van der Waals surface area contributed by atoms with E-state index in [1.165, 1.54) is 5.01 Å². The number of carboxylic acid groups (broad SMARTS) is 1. The van der Waals surface area contributed by atoms with Crippen LogP contribution in [0.15, 0.2) is 12.1 Å². The first-order chi connectivity index (χ1) is 17.0. The third-order valence-corrected chi connectivity index (χ3v) is 6.29. The van der Waals surface area contributed by atoms with Gasteiger partial charge in [0.2, 0.25) is 17.7 Å². The van der Waals surface area contributed by atoms with Gasteiger partial charge in [0.15, 0.2) is 0 Å². The number of amides is 5. The molecular weight excluding hydrogens is 470 g/mol. The van der Waals surface area contributed by atoms with Crippen molar-refractivity contribution >= 4 is 36.0 Å². The van der Waals surface area contributed by atoms with E-state index < -0.39 is 42.3 Å². The Labute approximate surface area is 208 Å². The molecule has 3 rings (SSSR count). The van der Waals surface area contributed by atoms with Crippen molar-refractivity contribution in [3.8, 4) is 0 Å². The molecule has 12 nitrogen and oxygen atoms in total. The van der Waals surface area contributed by atoms with Crippen molar-refractivity contribution in [1.82, 2.24) is 25.8 Å². The Morgan fingerprint density at radius 1 is 1.14 bits per heavy atom. The summed E-state index contributed by atoms with van der Waals surface area (Å²) in [4.78, 5) is 74.2. The largest absolute Gasteiger partial charge is 0.481 e. The second-order valence-electron chi connectivity index (χ2n) is 9.14. The number of nitrogens with zero attached hydrogens (tertiary/aromatic N) is 3. The standard InChI is InChI=1S/C24H31N5O7/c1-14-9-15(2)18(16(3)10-14)12-20(31)26-27-8-6-21(32)28-7-4-5-19(29(28)24(27)36)23(35)25-17(13-30)11-22(33)34/h9-10,13,17,19H,4-8,11-12H2,1-3H3,(H,25,35)(H,26,31)(H,33,34)/t17-,19-/m0/s1. The monoisotopic (exact) mass is 501 g/mol. The minimum absolute atomic E-state index is 0.0273. The molecule has 0 saturated carbocycles. The molecule has 0 radical (unpaired) electrons. The van der Waals surface area contributed by atoms with Gasteiger partial charge in [0.25, 0.3) is 0 Å². The summed E-state index contributed by atoms with van der Waals surface area (Å²) in [6.45, 7) is 5.91. The highest BCUT2D eigenvalue weighted by Crippen LogP contribution is 2.24. The zero-order chi connectivity index (χ0) is 26.6. The van der Waals surface area contributed by atoms with Gasteiger partial charge in [-0.25, -0.2) is 19.8 Å². The fourth-order valence-electron chi connectivity index (χ4n) is 4.66. The Hall–Kier alpha value is -3.96. The lowest BCUT2D eigenvalue weighted by atomic mass is 9.97. The fourth-order valence-corrected chi connectivity index (χ4v) is 4.66. The number of benzene rings is 1. The number of aliphatic carboxylic acids is 1. The van der Waals surface area contributed by atoms with E-state index in [0.717, 1.165) is 32.3 Å². The van der Waals surface area contributed by atoms with Crippen LogP contribution in [0.25, 0.3) is 0 Å². The number of rotatable bonds is 8. The molecule has 2 fully saturated rings. The van der Waals surface area contributed by atoms with E-state index in [1.807, 2.05) is 32.9 Å². The van der Waals surface area contributed by atoms with Crippen LogP contribution in [0.3, 0.4) is 0 Å². The third-order valence-electron chi connectivity index (χ3n) is 6.29. The van der Waals surface area contributed by atoms with E-state index in [1.54, 1.807) is 0 Å². The summed E-state index contributed by atoms with van der Waals surface area (Å²) in [6, 6.07) is 0.756. The molecule has 0 aromatic heterocycles. The Bertz CT molecular complexity index is 1070. The summed E-state index contributed by atoms with van der Waals surface area (Å²) in [5.74, 6) is -2.86. The predicted octanol–water partition coefficient (Wildman–Crippen LogP) is 0.378. The van der Waals surface area contributed by atoms with Crippen LogP contribution in [0.4, 0.5) is 4.79 Å². The number of nitrogens with one attached hydrogen (secondary N) is 2. The number of fused-ring (bicyclic) bond motifs is 1. The van der Waals surface area contributed by atoms with Gasteiger partial charge in [0.1, 0.15) is 12.3 Å². The van der Waals surface area contributed by atoms with Crippen LogP contribution < -0.4 is 10.7 Å². The molecule has 2 saturated heterocycles. The highest BCUT2D eigenvalue weighted by atomic mass is 16.4. The minimum Gasteiger partial charge on any atom is -0.481 e. The van der Waals surface area contributed by atoms with Crippen LogP contribution >= 0.6 is 0 Å². The number of carboxylic acids is 1. The lowest BCUT2D eigenvalue weighted by Crippen LogP contribution is -2.64. The minimum atomic E-state index is -1.28. The predicted molar refractivity (Wildman–Crippen MR) is 126 cm³/mol. The quantitative estimate of drug-likeness (QED) is 0.435. The molecule has 3 N–H and O–H groups in total. The highest BCUT2D eigenvalue weighted by Gasteiger charge is 2.44. The average Bonchev–Trinajstić information content (AvgIpc) is 2.92. The number of hydrazine groups is 2. The molecule has 2 atom stereocenters. The van der Waals surface area contributed by atoms with E-state index in [0.29, 0.717) is 12.7 Å². The van der Waals surface area contributed by atoms with Gasteiger partial charge < -0.3 is 15.2 Å². The lowest BCUT2D eigenvalue weighted by Gasteiger charge is -2.43. The molecule has 0 spiro atoms. The molecular formula is C24H31N5O7. The maximum atomic E-state index is 13.4. The summed E-state index contributed by atoms with van der Waals surface area (Å²) in [6.07, 6.45) is 0.289. The number of urea groups is 1. The molecule has 5 amide bonds. The molecule has 12 heteroatoms. The average molecular weight is 502 g/mol. The smallest absolute Gasteiger partial charge is 0.358 e. The van der Waals surface area contributed by atoms with Crippen molar-refractivity contribution in [3.63, 3.8) is 0 Å². The van der Waals surface area contributed by atoms with E-state index in [9.17, 15) is 28.8 Å². The van der Waals surface area contributed by atoms with Crippen molar-refractivity contribution in [2.45, 2.75) is 65.0 Å². The fraction of sp³-hybridized carbons (Fsp3) is 0.500. The summed E-state index contributed by atoms with van der Waals surface area (Å²) < 4.78 is 0. The summed E-state index contributed by atoms with van der Waals surface area (Å²) >= 11 is 0. The molecule has 2 aliphatic heterocycles. The van der Waals surface area contributed by atoms with Crippen molar-refractivity contribution in [2.75, 3.05) is 13.1 Å². The first kappa shape index (κ1) is 26.6. The molecule has 0 bridgehead atoms. The summed E-state index contributed by atoms with van der Waals surface area (Å²) in [5.41, 5.74) is 6.39. The van der Waals surface area contributed by atoms with Crippen molar-refractivity contribution < 1.29 is 33.9 Å². The van der Waals surface area contributed by atoms with E-state index in [4.69, 9.17) is 5.11 Å². The number of carbonyl (C=O) groups excluding carboxylic acids is 5. The number of aldehydes is 1. The molecule has 1 aromatic rings. The maximum absolute atomic E-state index is 13.4. The van der Waals surface area contributed by atoms with Crippen LogP contribution in [0.1, 0.15) is 47.9 Å². The number of hydrogen-bond acceptors (Lipinski definition) is 6. The van der Waals surface area contributed by atoms with Crippen LogP contribution in [0.2, 0.25) is 0 Å². The third kappa shape index (κ3) is 5.99. The molecule has 36 heavy (non-hydrogen) atoms. The Morgan fingerprint density at radius 3 is 2.42 bits per heavy atom. The lowest BCUT2D eigenvalue weighted by molar-refractivity contribution is -0.155. The Morgan fingerprint density at radius 2 is 1.81 bits per heavy atom. The molecule has 2 aliphatic rings. The van der Waals surface area contributed by atoms with Gasteiger partial charge in [0, 0.05) is 13.0 Å². The first-order valence-corrected chi connectivity index (χ1v) is 11.8. The van der Waals surface area contributed by atoms with Crippen LogP contribution in [-0.4, -0.2) is 81.3 Å². The van der Waals surface area contributed by atoms with Gasteiger partial charge in [-0.3, -0.25) is 24.6 Å². The Balaban J connectivity index is 1.78. The highest BCUT2D eigenvalue weighted by molar-refractivity contribution is 5.93. The number of aryl methyl sites for hydroxylation is 3. The van der Waals surface area contributed by atoms with Gasteiger partial charge in [-0.05, 0) is 50.3 Å². The van der Waals surface area contributed by atoms with Gasteiger partial charge in [0.05, 0.1) is 25.4 Å². The first-order valence-electron chi connectivity index (χ1n) is 11.8. The molecule has 194 valence electrons. The summed E-state index contributed by atoms with van der Waals surface area (Å²) in [7, 11) is 0. The van der Waals surface area contributed by atoms with Gasteiger partial charge in [-0.2, -0.15) is 0 Å². The van der Waals surface area contributed by atoms with E-state index >= 15 is 0 Å². The van der Waals surface area contributed by atoms with Gasteiger partial charge in [-0.15, -0.1) is 0 Å². The van der Waals surface area contributed by atoms with E-state index in [2.05, 4.69) is 10.7 Å². The number of hydrogen-bond donors (Lipinski definition) is 3. The van der Waals surface area contributed by atoms with E-state index in [-0.39, 0.29) is 38.3 Å². The van der Waals surface area contributed by atoms with Gasteiger partial charge in [-0.1, -0.05) is 17.7 Å². The topological polar surface area (TPSA) is 156 Å². The zero-order valence-corrected chi connectivity index (χ0v) is 20.6. The van der Waals surface area contributed by atoms with Crippen LogP contribution in [-0.2, 0) is 30.4 Å². The second kappa shape index (κ2) is 11.2.